The van der Waals surface area contributed by atoms with Gasteiger partial charge in [-0.3, -0.25) is 0 Å². The Morgan fingerprint density at radius 3 is 1.18 bits per heavy atom. The highest BCUT2D eigenvalue weighted by Gasteiger charge is 2.63. The predicted molar refractivity (Wildman–Crippen MR) is 76.0 cm³/mol. The molecule has 0 nitrogen and oxygen atoms in total. The maximum Gasteiger partial charge on any atom is -0.00307 e. The quantitative estimate of drug-likeness (QED) is 0.480. The fraction of sp³-hybridized carbons (Fsp3) is 0.882. The minimum atomic E-state index is 0.405. The largest absolute Gasteiger partial charge is 0.0671 e. The second-order valence-corrected chi connectivity index (χ2v) is 8.59. The summed E-state index contributed by atoms with van der Waals surface area (Å²) in [5, 5.41) is 0. The van der Waals surface area contributed by atoms with Crippen molar-refractivity contribution in [2.45, 2.75) is 74.7 Å². The minimum absolute atomic E-state index is 0.405. The lowest BCUT2D eigenvalue weighted by Gasteiger charge is -2.42. The van der Waals surface area contributed by atoms with Gasteiger partial charge in [0.25, 0.3) is 0 Å². The molecule has 0 spiro atoms. The lowest BCUT2D eigenvalue weighted by atomic mass is 9.62. The first-order valence-electron chi connectivity index (χ1n) is 7.16. The van der Waals surface area contributed by atoms with Crippen molar-refractivity contribution < 1.29 is 0 Å². The van der Waals surface area contributed by atoms with Crippen LogP contribution in [-0.2, 0) is 0 Å². The summed E-state index contributed by atoms with van der Waals surface area (Å²) in [5.41, 5.74) is 5.19. The van der Waals surface area contributed by atoms with E-state index < -0.39 is 0 Å². The van der Waals surface area contributed by atoms with Crippen molar-refractivity contribution in [3.05, 3.63) is 11.1 Å². The summed E-state index contributed by atoms with van der Waals surface area (Å²) in [6.07, 6.45) is 4.19. The van der Waals surface area contributed by atoms with E-state index in [-0.39, 0.29) is 0 Å². The molecule has 2 bridgehead atoms. The average molecular weight is 234 g/mol. The summed E-state index contributed by atoms with van der Waals surface area (Å²) < 4.78 is 0. The summed E-state index contributed by atoms with van der Waals surface area (Å²) in [5.74, 6) is 0. The lowest BCUT2D eigenvalue weighted by molar-refractivity contribution is 0.107. The summed E-state index contributed by atoms with van der Waals surface area (Å²) >= 11 is 0. The van der Waals surface area contributed by atoms with Gasteiger partial charge in [-0.2, -0.15) is 0 Å². The molecule has 0 heteroatoms. The maximum atomic E-state index is 2.44. The first-order valence-corrected chi connectivity index (χ1v) is 7.16. The Hall–Kier alpha value is -0.260. The molecule has 2 rings (SSSR count). The molecule has 0 amide bonds. The van der Waals surface area contributed by atoms with Gasteiger partial charge in [0.1, 0.15) is 0 Å². The van der Waals surface area contributed by atoms with E-state index in [1.165, 1.54) is 19.3 Å². The molecule has 0 aromatic heterocycles. The molecule has 1 saturated carbocycles. The zero-order valence-electron chi connectivity index (χ0n) is 13.1. The van der Waals surface area contributed by atoms with Crippen molar-refractivity contribution in [2.24, 2.45) is 21.7 Å². The monoisotopic (exact) mass is 234 g/mol. The minimum Gasteiger partial charge on any atom is -0.0671 e. The maximum absolute atomic E-state index is 2.44. The molecule has 0 aromatic rings. The van der Waals surface area contributed by atoms with Gasteiger partial charge in [-0.25, -0.2) is 0 Å². The van der Waals surface area contributed by atoms with Gasteiger partial charge in [0.2, 0.25) is 0 Å². The zero-order chi connectivity index (χ0) is 13.3. The van der Waals surface area contributed by atoms with Crippen molar-refractivity contribution in [1.82, 2.24) is 0 Å². The molecule has 0 heterocycles. The third-order valence-electron chi connectivity index (χ3n) is 6.45. The standard InChI is InChI=1S/C17H30/c1-12-13(2)17(15(6,7)8)10-9-16(12,11-17)14(3,4)5/h9-11H2,1-8H3. The van der Waals surface area contributed by atoms with Crippen molar-refractivity contribution in [3.63, 3.8) is 0 Å². The van der Waals surface area contributed by atoms with Crippen LogP contribution in [0.2, 0.25) is 0 Å². The Balaban J connectivity index is 2.58. The molecule has 17 heavy (non-hydrogen) atoms. The number of hydrogen-bond acceptors (Lipinski definition) is 0. The van der Waals surface area contributed by atoms with Crippen LogP contribution in [0.3, 0.4) is 0 Å². The molecular formula is C17H30. The fourth-order valence-corrected chi connectivity index (χ4v) is 4.88. The molecule has 1 fully saturated rings. The summed E-state index contributed by atoms with van der Waals surface area (Å²) in [6.45, 7) is 19.4. The Bertz CT molecular complexity index is 336. The third-order valence-corrected chi connectivity index (χ3v) is 6.45. The Labute approximate surface area is 108 Å². The molecule has 98 valence electrons. The molecule has 2 unspecified atom stereocenters. The lowest BCUT2D eigenvalue weighted by Crippen LogP contribution is -2.34. The van der Waals surface area contributed by atoms with Crippen LogP contribution in [0.25, 0.3) is 0 Å². The van der Waals surface area contributed by atoms with Gasteiger partial charge in [0, 0.05) is 0 Å². The summed E-state index contributed by atoms with van der Waals surface area (Å²) in [6, 6.07) is 0. The van der Waals surface area contributed by atoms with Gasteiger partial charge in [0.05, 0.1) is 0 Å². The number of hydrogen-bond donors (Lipinski definition) is 0. The van der Waals surface area contributed by atoms with Crippen LogP contribution in [0.1, 0.15) is 74.7 Å². The van der Waals surface area contributed by atoms with E-state index in [0.29, 0.717) is 21.7 Å². The van der Waals surface area contributed by atoms with E-state index in [2.05, 4.69) is 55.4 Å². The van der Waals surface area contributed by atoms with E-state index in [9.17, 15) is 0 Å². The van der Waals surface area contributed by atoms with Gasteiger partial charge in [-0.1, -0.05) is 52.7 Å². The van der Waals surface area contributed by atoms with Gasteiger partial charge in [-0.05, 0) is 54.8 Å². The SMILES string of the molecule is CC1=C(C)C2(C(C)(C)C)CCC1(C(C)(C)C)C2. The zero-order valence-corrected chi connectivity index (χ0v) is 13.1. The Morgan fingerprint density at radius 1 is 0.706 bits per heavy atom. The molecule has 2 aliphatic rings. The van der Waals surface area contributed by atoms with Crippen LogP contribution in [0.4, 0.5) is 0 Å². The van der Waals surface area contributed by atoms with E-state index in [0.717, 1.165) is 0 Å². The van der Waals surface area contributed by atoms with Gasteiger partial charge >= 0.3 is 0 Å². The highest BCUT2D eigenvalue weighted by molar-refractivity contribution is 5.40. The Kier molecular flexibility index (Phi) is 2.47. The fourth-order valence-electron chi connectivity index (χ4n) is 4.88. The predicted octanol–water partition coefficient (Wildman–Crippen LogP) is 5.59. The second-order valence-electron chi connectivity index (χ2n) is 8.59. The van der Waals surface area contributed by atoms with E-state index >= 15 is 0 Å². The van der Waals surface area contributed by atoms with Crippen molar-refractivity contribution in [3.8, 4) is 0 Å². The molecular weight excluding hydrogens is 204 g/mol. The Morgan fingerprint density at radius 2 is 1.00 bits per heavy atom. The second kappa shape index (κ2) is 3.19. The third kappa shape index (κ3) is 1.36. The normalized spacial score (nSPS) is 38.1. The number of allylic oxidation sites excluding steroid dienone is 2. The van der Waals surface area contributed by atoms with E-state index in [4.69, 9.17) is 0 Å². The first kappa shape index (κ1) is 13.2. The molecule has 2 atom stereocenters. The van der Waals surface area contributed by atoms with Crippen LogP contribution >= 0.6 is 0 Å². The molecule has 0 aromatic carbocycles. The van der Waals surface area contributed by atoms with Gasteiger partial charge in [-0.15, -0.1) is 0 Å². The van der Waals surface area contributed by atoms with E-state index in [1.807, 2.05) is 0 Å². The van der Waals surface area contributed by atoms with Gasteiger partial charge in [0.15, 0.2) is 0 Å². The highest BCUT2D eigenvalue weighted by Crippen LogP contribution is 2.73. The van der Waals surface area contributed by atoms with Gasteiger partial charge < -0.3 is 0 Å². The van der Waals surface area contributed by atoms with Crippen LogP contribution in [0.5, 0.6) is 0 Å². The molecule has 0 saturated heterocycles. The summed E-state index contributed by atoms with van der Waals surface area (Å²) in [4.78, 5) is 0. The van der Waals surface area contributed by atoms with Crippen molar-refractivity contribution >= 4 is 0 Å². The average Bonchev–Trinajstić information content (AvgIpc) is 2.63. The molecule has 0 N–H and O–H groups in total. The molecule has 0 radical (unpaired) electrons. The van der Waals surface area contributed by atoms with Crippen LogP contribution in [0, 0.1) is 21.7 Å². The smallest absolute Gasteiger partial charge is 0.00307 e. The van der Waals surface area contributed by atoms with E-state index in [1.54, 1.807) is 11.1 Å². The topological polar surface area (TPSA) is 0 Å². The number of fused-ring (bicyclic) bond motifs is 2. The van der Waals surface area contributed by atoms with Crippen LogP contribution in [-0.4, -0.2) is 0 Å². The van der Waals surface area contributed by atoms with Crippen molar-refractivity contribution in [2.75, 3.05) is 0 Å². The summed E-state index contributed by atoms with van der Waals surface area (Å²) in [7, 11) is 0. The van der Waals surface area contributed by atoms with Crippen LogP contribution < -0.4 is 0 Å². The molecule has 0 aliphatic heterocycles. The molecule has 2 aliphatic carbocycles. The highest BCUT2D eigenvalue weighted by atomic mass is 14.7. The van der Waals surface area contributed by atoms with Crippen LogP contribution in [0.15, 0.2) is 11.1 Å². The number of rotatable bonds is 0. The first-order chi connectivity index (χ1) is 7.48. The van der Waals surface area contributed by atoms with Crippen molar-refractivity contribution in [1.29, 1.82) is 0 Å².